The lowest BCUT2D eigenvalue weighted by molar-refractivity contribution is -0.161. The van der Waals surface area contributed by atoms with Crippen LogP contribution in [0.5, 0.6) is 0 Å². The van der Waals surface area contributed by atoms with Gasteiger partial charge in [-0.25, -0.2) is 4.57 Å². The first kappa shape index (κ1) is 54.7. The topological polar surface area (TPSA) is 172 Å². The van der Waals surface area contributed by atoms with Crippen LogP contribution in [0.3, 0.4) is 0 Å². The molecule has 0 aliphatic rings. The van der Waals surface area contributed by atoms with Crippen LogP contribution in [0.15, 0.2) is 85.6 Å². The number of hydrogen-bond donors (Lipinski definition) is 3. The van der Waals surface area contributed by atoms with Gasteiger partial charge in [-0.15, -0.1) is 6.58 Å². The number of esters is 2. The van der Waals surface area contributed by atoms with Gasteiger partial charge in [0.15, 0.2) is 6.10 Å². The number of phosphoric ester groups is 1. The van der Waals surface area contributed by atoms with E-state index < -0.39 is 51.1 Å². The monoisotopic (exact) mass is 834 g/mol. The summed E-state index contributed by atoms with van der Waals surface area (Å²) in [5.41, 5.74) is 5.33. The molecule has 0 aliphatic carbocycles. The summed E-state index contributed by atoms with van der Waals surface area (Å²) in [6.07, 6.45) is 48.4. The lowest BCUT2D eigenvalue weighted by atomic mass is 10.0. The van der Waals surface area contributed by atoms with E-state index in [0.717, 1.165) is 57.8 Å². The first-order valence-corrected chi connectivity index (χ1v) is 23.1. The molecule has 0 aromatic heterocycles. The van der Waals surface area contributed by atoms with Gasteiger partial charge in [-0.2, -0.15) is 0 Å². The first-order valence-electron chi connectivity index (χ1n) is 21.6. The SMILES string of the molecule is C=CCCCCCCCCCCCCCCCC(=O)OC[C@H](COP(=O)(O)OC[C@H](N)C(=O)O)OC(=O)CC/C=C/C/C=C/C/C=C/C/C=C/C/C=C/C/C=C/CC. The molecule has 0 saturated carbocycles. The van der Waals surface area contributed by atoms with E-state index in [1.54, 1.807) is 0 Å². The van der Waals surface area contributed by atoms with Crippen LogP contribution >= 0.6 is 7.82 Å². The Bertz CT molecular complexity index is 1290. The summed E-state index contributed by atoms with van der Waals surface area (Å²) in [6.45, 7) is 4.12. The highest BCUT2D eigenvalue weighted by Crippen LogP contribution is 2.43. The van der Waals surface area contributed by atoms with Gasteiger partial charge in [0.25, 0.3) is 0 Å². The highest BCUT2D eigenvalue weighted by Gasteiger charge is 2.28. The molecule has 0 aliphatic heterocycles. The summed E-state index contributed by atoms with van der Waals surface area (Å²) in [5.74, 6) is -2.50. The zero-order valence-electron chi connectivity index (χ0n) is 35.4. The van der Waals surface area contributed by atoms with Crippen LogP contribution in [0.2, 0.25) is 0 Å². The number of aliphatic carboxylic acids is 1. The van der Waals surface area contributed by atoms with Crippen LogP contribution in [0.4, 0.5) is 0 Å². The Morgan fingerprint density at radius 2 is 1.02 bits per heavy atom. The Hall–Kier alpha value is -3.34. The van der Waals surface area contributed by atoms with Gasteiger partial charge in [0.1, 0.15) is 12.6 Å². The van der Waals surface area contributed by atoms with E-state index in [9.17, 15) is 23.8 Å². The second kappa shape index (κ2) is 40.4. The van der Waals surface area contributed by atoms with E-state index in [0.29, 0.717) is 19.3 Å². The molecule has 11 nitrogen and oxygen atoms in total. The second-order valence-electron chi connectivity index (χ2n) is 14.2. The minimum Gasteiger partial charge on any atom is -0.480 e. The van der Waals surface area contributed by atoms with Crippen molar-refractivity contribution in [2.75, 3.05) is 19.8 Å². The molecule has 0 rings (SSSR count). The lowest BCUT2D eigenvalue weighted by Gasteiger charge is -2.20. The third kappa shape index (κ3) is 39.5. The quantitative estimate of drug-likeness (QED) is 0.0232. The molecule has 0 heterocycles. The molecule has 4 N–H and O–H groups in total. The average molecular weight is 834 g/mol. The van der Waals surface area contributed by atoms with Gasteiger partial charge in [-0.1, -0.05) is 157 Å². The predicted molar refractivity (Wildman–Crippen MR) is 235 cm³/mol. The molecule has 330 valence electrons. The predicted octanol–water partition coefficient (Wildman–Crippen LogP) is 11.5. The Labute approximate surface area is 350 Å². The molecule has 1 unspecified atom stereocenters. The third-order valence-corrected chi connectivity index (χ3v) is 9.74. The Morgan fingerprint density at radius 3 is 1.48 bits per heavy atom. The number of ether oxygens (including phenoxy) is 2. The summed E-state index contributed by atoms with van der Waals surface area (Å²) in [5, 5.41) is 8.89. The number of hydrogen-bond acceptors (Lipinski definition) is 9. The van der Waals surface area contributed by atoms with Gasteiger partial charge in [-0.05, 0) is 64.2 Å². The molecule has 0 spiro atoms. The zero-order valence-corrected chi connectivity index (χ0v) is 36.3. The molecule has 0 fully saturated rings. The molecule has 0 aromatic rings. The lowest BCUT2D eigenvalue weighted by Crippen LogP contribution is -2.34. The molecule has 12 heteroatoms. The van der Waals surface area contributed by atoms with Crippen molar-refractivity contribution in [3.63, 3.8) is 0 Å². The van der Waals surface area contributed by atoms with Gasteiger partial charge < -0.3 is 25.2 Å². The Morgan fingerprint density at radius 1 is 0.586 bits per heavy atom. The maximum absolute atomic E-state index is 12.6. The zero-order chi connectivity index (χ0) is 42.8. The maximum Gasteiger partial charge on any atom is 0.472 e. The highest BCUT2D eigenvalue weighted by molar-refractivity contribution is 7.47. The number of carbonyl (C=O) groups is 3. The van der Waals surface area contributed by atoms with Crippen molar-refractivity contribution < 1.29 is 47.5 Å². The fourth-order valence-corrected chi connectivity index (χ4v) is 6.20. The summed E-state index contributed by atoms with van der Waals surface area (Å²) in [7, 11) is -4.74. The van der Waals surface area contributed by atoms with Crippen LogP contribution in [0.1, 0.15) is 155 Å². The van der Waals surface area contributed by atoms with Crippen molar-refractivity contribution in [3.8, 4) is 0 Å². The first-order chi connectivity index (χ1) is 28.1. The summed E-state index contributed by atoms with van der Waals surface area (Å²) < 4.78 is 32.6. The number of unbranched alkanes of at least 4 members (excludes halogenated alkanes) is 13. The van der Waals surface area contributed by atoms with E-state index in [2.05, 4.69) is 72.7 Å². The van der Waals surface area contributed by atoms with E-state index in [-0.39, 0.29) is 19.4 Å². The number of carbonyl (C=O) groups excluding carboxylic acids is 2. The van der Waals surface area contributed by atoms with Crippen molar-refractivity contribution >= 4 is 25.7 Å². The molecular weight excluding hydrogens is 757 g/mol. The maximum atomic E-state index is 12.6. The third-order valence-electron chi connectivity index (χ3n) is 8.79. The highest BCUT2D eigenvalue weighted by atomic mass is 31.2. The van der Waals surface area contributed by atoms with Gasteiger partial charge >= 0.3 is 25.7 Å². The van der Waals surface area contributed by atoms with Crippen molar-refractivity contribution in [1.82, 2.24) is 0 Å². The smallest absolute Gasteiger partial charge is 0.472 e. The van der Waals surface area contributed by atoms with Crippen molar-refractivity contribution in [1.29, 1.82) is 0 Å². The summed E-state index contributed by atoms with van der Waals surface area (Å²) in [4.78, 5) is 45.9. The second-order valence-corrected chi connectivity index (χ2v) is 15.6. The van der Waals surface area contributed by atoms with Crippen LogP contribution < -0.4 is 5.73 Å². The average Bonchev–Trinajstić information content (AvgIpc) is 3.20. The van der Waals surface area contributed by atoms with E-state index in [1.807, 2.05) is 24.3 Å². The van der Waals surface area contributed by atoms with Crippen LogP contribution in [0.25, 0.3) is 0 Å². The molecule has 0 aromatic carbocycles. The number of allylic oxidation sites excluding steroid dienone is 13. The largest absolute Gasteiger partial charge is 0.480 e. The van der Waals surface area contributed by atoms with Gasteiger partial charge in [0.2, 0.25) is 0 Å². The molecule has 0 amide bonds. The van der Waals surface area contributed by atoms with Gasteiger partial charge in [0, 0.05) is 12.8 Å². The number of phosphoric acid groups is 1. The normalized spacial score (nSPS) is 14.3. The van der Waals surface area contributed by atoms with Crippen LogP contribution in [-0.4, -0.2) is 59.9 Å². The number of nitrogens with two attached hydrogens (primary N) is 1. The number of rotatable bonds is 40. The fraction of sp³-hybridized carbons (Fsp3) is 0.630. The summed E-state index contributed by atoms with van der Waals surface area (Å²) in [6, 6.07) is -1.54. The number of carboxylic acid groups (broad SMARTS) is 1. The molecule has 3 atom stereocenters. The summed E-state index contributed by atoms with van der Waals surface area (Å²) >= 11 is 0. The van der Waals surface area contributed by atoms with Crippen LogP contribution in [0, 0.1) is 0 Å². The van der Waals surface area contributed by atoms with Crippen LogP contribution in [-0.2, 0) is 37.5 Å². The van der Waals surface area contributed by atoms with Crippen molar-refractivity contribution in [2.24, 2.45) is 5.73 Å². The Balaban J connectivity index is 4.50. The standard InChI is InChI=1S/C46H76NO10P/c1-3-5-7-9-11-13-15-17-19-20-21-22-24-26-28-30-32-34-36-38-45(49)57-42(40-55-58(52,53)56-41-43(47)46(50)51)39-54-44(48)37-35-33-31-29-27-25-23-18-16-14-12-10-8-6-4-2/h4-5,7,11,13,17,19,21-22,26,28,32,34,42-43H,2-3,6,8-10,12,14-16,18,20,23-25,27,29-31,33,35-41,47H2,1H3,(H,50,51)(H,52,53)/b7-5+,13-11+,19-17+,22-21+,28-26+,34-32+/t42-,43+/m1/s1. The van der Waals surface area contributed by atoms with E-state index >= 15 is 0 Å². The van der Waals surface area contributed by atoms with E-state index in [1.165, 1.54) is 57.8 Å². The van der Waals surface area contributed by atoms with Gasteiger partial charge in [0.05, 0.1) is 13.2 Å². The molecule has 0 radical (unpaired) electrons. The Kier molecular flexibility index (Phi) is 38.1. The molecule has 0 bridgehead atoms. The number of carboxylic acids is 1. The molecule has 58 heavy (non-hydrogen) atoms. The minimum atomic E-state index is -4.74. The van der Waals surface area contributed by atoms with Crippen molar-refractivity contribution in [3.05, 3.63) is 85.6 Å². The van der Waals surface area contributed by atoms with Crippen molar-refractivity contribution in [2.45, 2.75) is 167 Å². The van der Waals surface area contributed by atoms with Gasteiger partial charge in [-0.3, -0.25) is 23.4 Å². The molecule has 0 saturated heterocycles. The minimum absolute atomic E-state index is 0.0315. The fourth-order valence-electron chi connectivity index (χ4n) is 5.42. The molecular formula is C46H76NO10P. The van der Waals surface area contributed by atoms with E-state index in [4.69, 9.17) is 24.8 Å².